The van der Waals surface area contributed by atoms with Crippen molar-refractivity contribution in [1.82, 2.24) is 4.90 Å². The maximum Gasteiger partial charge on any atom is 0.294 e. The normalized spacial score (nSPS) is 14.5. The van der Waals surface area contributed by atoms with Crippen LogP contribution >= 0.6 is 39.3 Å². The lowest BCUT2D eigenvalue weighted by Gasteiger charge is -2.13. The zero-order valence-electron chi connectivity index (χ0n) is 18.0. The molecular formula is C25H17BrClFN2O4S. The van der Waals surface area contributed by atoms with Gasteiger partial charge in [-0.05, 0) is 54.2 Å². The molecule has 0 atom stereocenters. The van der Waals surface area contributed by atoms with Gasteiger partial charge in [0.2, 0.25) is 5.91 Å². The average molecular weight is 576 g/mol. The highest BCUT2D eigenvalue weighted by atomic mass is 79.9. The van der Waals surface area contributed by atoms with Crippen molar-refractivity contribution in [3.8, 4) is 5.75 Å². The maximum absolute atomic E-state index is 13.8. The van der Waals surface area contributed by atoms with Crippen LogP contribution in [0.5, 0.6) is 5.75 Å². The van der Waals surface area contributed by atoms with Crippen LogP contribution in [0.1, 0.15) is 11.1 Å². The predicted octanol–water partition coefficient (Wildman–Crippen LogP) is 6.50. The van der Waals surface area contributed by atoms with E-state index in [1.54, 1.807) is 30.3 Å². The molecule has 35 heavy (non-hydrogen) atoms. The second-order valence-corrected chi connectivity index (χ2v) is 9.67. The van der Waals surface area contributed by atoms with E-state index >= 15 is 0 Å². The second-order valence-electron chi connectivity index (χ2n) is 7.36. The molecule has 0 saturated carbocycles. The molecule has 1 aliphatic heterocycles. The molecule has 0 bridgehead atoms. The molecule has 0 aliphatic carbocycles. The van der Waals surface area contributed by atoms with E-state index in [2.05, 4.69) is 21.2 Å². The van der Waals surface area contributed by atoms with E-state index in [0.717, 1.165) is 14.9 Å². The summed E-state index contributed by atoms with van der Waals surface area (Å²) >= 11 is 10.3. The number of amides is 3. The van der Waals surface area contributed by atoms with Gasteiger partial charge in [-0.2, -0.15) is 0 Å². The molecule has 178 valence electrons. The van der Waals surface area contributed by atoms with E-state index in [1.165, 1.54) is 24.3 Å². The molecule has 0 unspecified atom stereocenters. The molecule has 1 heterocycles. The topological polar surface area (TPSA) is 75.7 Å². The SMILES string of the molecule is O=C(CN1C(=O)S/C(=C\c2cc(Br)ccc2OCc2ccccc2Cl)C1=O)Nc1ccccc1F. The number of benzene rings is 3. The minimum atomic E-state index is -0.690. The van der Waals surface area contributed by atoms with Crippen LogP contribution in [0, 0.1) is 5.82 Å². The fraction of sp³-hybridized carbons (Fsp3) is 0.0800. The van der Waals surface area contributed by atoms with Gasteiger partial charge >= 0.3 is 0 Å². The van der Waals surface area contributed by atoms with Crippen molar-refractivity contribution < 1.29 is 23.5 Å². The Morgan fingerprint density at radius 3 is 2.63 bits per heavy atom. The van der Waals surface area contributed by atoms with E-state index in [0.29, 0.717) is 28.1 Å². The summed E-state index contributed by atoms with van der Waals surface area (Å²) < 4.78 is 20.5. The van der Waals surface area contributed by atoms with Gasteiger partial charge in [0.05, 0.1) is 10.6 Å². The molecule has 1 saturated heterocycles. The van der Waals surface area contributed by atoms with Crippen molar-refractivity contribution in [2.24, 2.45) is 0 Å². The molecular weight excluding hydrogens is 559 g/mol. The average Bonchev–Trinajstić information content (AvgIpc) is 3.08. The Balaban J connectivity index is 1.50. The molecule has 10 heteroatoms. The van der Waals surface area contributed by atoms with Gasteiger partial charge in [-0.15, -0.1) is 0 Å². The molecule has 1 aliphatic rings. The summed E-state index contributed by atoms with van der Waals surface area (Å²) in [4.78, 5) is 38.6. The Hall–Kier alpha value is -3.14. The van der Waals surface area contributed by atoms with Gasteiger partial charge in [-0.1, -0.05) is 57.9 Å². The highest BCUT2D eigenvalue weighted by Gasteiger charge is 2.36. The van der Waals surface area contributed by atoms with Crippen LogP contribution in [0.15, 0.2) is 76.1 Å². The first kappa shape index (κ1) is 25.0. The Kier molecular flexibility index (Phi) is 7.90. The number of imide groups is 1. The monoisotopic (exact) mass is 574 g/mol. The van der Waals surface area contributed by atoms with Crippen LogP contribution in [-0.2, 0) is 16.2 Å². The number of carbonyl (C=O) groups is 3. The molecule has 6 nitrogen and oxygen atoms in total. The van der Waals surface area contributed by atoms with Gasteiger partial charge in [-0.3, -0.25) is 19.3 Å². The largest absolute Gasteiger partial charge is 0.488 e. The molecule has 1 fully saturated rings. The fourth-order valence-corrected chi connectivity index (χ4v) is 4.61. The molecule has 0 aromatic heterocycles. The number of hydrogen-bond acceptors (Lipinski definition) is 5. The minimum absolute atomic E-state index is 0.0329. The summed E-state index contributed by atoms with van der Waals surface area (Å²) in [6.45, 7) is -0.329. The number of hydrogen-bond donors (Lipinski definition) is 1. The third kappa shape index (κ3) is 6.11. The van der Waals surface area contributed by atoms with Crippen LogP contribution in [-0.4, -0.2) is 28.5 Å². The Bertz CT molecular complexity index is 1350. The first-order chi connectivity index (χ1) is 16.8. The minimum Gasteiger partial charge on any atom is -0.488 e. The highest BCUT2D eigenvalue weighted by molar-refractivity contribution is 9.10. The van der Waals surface area contributed by atoms with Crippen LogP contribution in [0.2, 0.25) is 5.02 Å². The number of nitrogens with one attached hydrogen (secondary N) is 1. The number of ether oxygens (including phenoxy) is 1. The summed E-state index contributed by atoms with van der Waals surface area (Å²) in [5, 5.41) is 2.34. The van der Waals surface area contributed by atoms with Crippen molar-refractivity contribution in [3.05, 3.63) is 98.1 Å². The first-order valence-electron chi connectivity index (χ1n) is 10.3. The number of nitrogens with zero attached hydrogens (tertiary/aromatic N) is 1. The van der Waals surface area contributed by atoms with Crippen LogP contribution < -0.4 is 10.1 Å². The lowest BCUT2D eigenvalue weighted by Crippen LogP contribution is -2.36. The van der Waals surface area contributed by atoms with Gasteiger partial charge in [0.1, 0.15) is 24.7 Å². The third-order valence-corrected chi connectivity index (χ3v) is 6.69. The van der Waals surface area contributed by atoms with E-state index in [4.69, 9.17) is 16.3 Å². The molecule has 3 aromatic carbocycles. The summed E-state index contributed by atoms with van der Waals surface area (Å²) in [5.41, 5.74) is 1.33. The highest BCUT2D eigenvalue weighted by Crippen LogP contribution is 2.35. The number of halogens is 3. The third-order valence-electron chi connectivity index (χ3n) is 4.92. The second kappa shape index (κ2) is 11.1. The van der Waals surface area contributed by atoms with Crippen molar-refractivity contribution in [1.29, 1.82) is 0 Å². The van der Waals surface area contributed by atoms with E-state index in [9.17, 15) is 18.8 Å². The van der Waals surface area contributed by atoms with Crippen molar-refractivity contribution >= 4 is 68.1 Å². The summed E-state index contributed by atoms with van der Waals surface area (Å²) in [7, 11) is 0. The quantitative estimate of drug-likeness (QED) is 0.326. The van der Waals surface area contributed by atoms with Gasteiger partial charge in [0.25, 0.3) is 11.1 Å². The molecule has 0 radical (unpaired) electrons. The lowest BCUT2D eigenvalue weighted by atomic mass is 10.1. The summed E-state index contributed by atoms with van der Waals surface area (Å²) in [6.07, 6.45) is 1.53. The van der Waals surface area contributed by atoms with Gasteiger partial charge < -0.3 is 10.1 Å². The zero-order chi connectivity index (χ0) is 24.9. The zero-order valence-corrected chi connectivity index (χ0v) is 21.1. The van der Waals surface area contributed by atoms with Crippen molar-refractivity contribution in [3.63, 3.8) is 0 Å². The number of para-hydroxylation sites is 1. The number of rotatable bonds is 7. The van der Waals surface area contributed by atoms with Crippen LogP contribution in [0.25, 0.3) is 6.08 Å². The Morgan fingerprint density at radius 1 is 1.11 bits per heavy atom. The van der Waals surface area contributed by atoms with Gasteiger partial charge in [0, 0.05) is 20.6 Å². The van der Waals surface area contributed by atoms with Crippen LogP contribution in [0.3, 0.4) is 0 Å². The summed E-state index contributed by atoms with van der Waals surface area (Å²) in [6, 6.07) is 18.2. The lowest BCUT2D eigenvalue weighted by molar-refractivity contribution is -0.127. The fourth-order valence-electron chi connectivity index (χ4n) is 3.21. The molecule has 4 rings (SSSR count). The molecule has 3 aromatic rings. The molecule has 1 N–H and O–H groups in total. The summed E-state index contributed by atoms with van der Waals surface area (Å²) in [5.74, 6) is -1.45. The predicted molar refractivity (Wildman–Crippen MR) is 138 cm³/mol. The van der Waals surface area contributed by atoms with Crippen LogP contribution in [0.4, 0.5) is 14.9 Å². The Morgan fingerprint density at radius 2 is 1.86 bits per heavy atom. The standard InChI is InChI=1S/C25H17BrClFN2O4S/c26-17-9-10-21(34-14-15-5-1-2-6-18(15)27)16(11-17)12-22-24(32)30(25(33)35-22)13-23(31)29-20-8-4-3-7-19(20)28/h1-12H,13-14H2,(H,29,31)/b22-12-. The smallest absolute Gasteiger partial charge is 0.294 e. The molecule has 3 amide bonds. The maximum atomic E-state index is 13.8. The van der Waals surface area contributed by atoms with Crippen molar-refractivity contribution in [2.75, 3.05) is 11.9 Å². The van der Waals surface area contributed by atoms with E-state index in [-0.39, 0.29) is 17.2 Å². The van der Waals surface area contributed by atoms with E-state index < -0.39 is 29.4 Å². The molecule has 0 spiro atoms. The van der Waals surface area contributed by atoms with Gasteiger partial charge in [0.15, 0.2) is 0 Å². The first-order valence-corrected chi connectivity index (χ1v) is 12.3. The number of thioether (sulfide) groups is 1. The van der Waals surface area contributed by atoms with E-state index in [1.807, 2.05) is 18.2 Å². The van der Waals surface area contributed by atoms with Crippen molar-refractivity contribution in [2.45, 2.75) is 6.61 Å². The number of carbonyl (C=O) groups excluding carboxylic acids is 3. The number of anilines is 1. The Labute approximate surface area is 218 Å². The van der Waals surface area contributed by atoms with Gasteiger partial charge in [-0.25, -0.2) is 4.39 Å².